The fourth-order valence-corrected chi connectivity index (χ4v) is 4.53. The predicted molar refractivity (Wildman–Crippen MR) is 116 cm³/mol. The molecule has 3 heterocycles. The van der Waals surface area contributed by atoms with Gasteiger partial charge in [0, 0.05) is 43.8 Å². The van der Waals surface area contributed by atoms with Gasteiger partial charge >= 0.3 is 0 Å². The summed E-state index contributed by atoms with van der Waals surface area (Å²) in [6, 6.07) is 12.5. The highest BCUT2D eigenvalue weighted by Crippen LogP contribution is 2.37. The van der Waals surface area contributed by atoms with E-state index in [0.717, 1.165) is 33.4 Å². The lowest BCUT2D eigenvalue weighted by Gasteiger charge is -2.34. The van der Waals surface area contributed by atoms with Crippen molar-refractivity contribution in [3.8, 4) is 11.3 Å². The molecule has 2 aromatic carbocycles. The topological polar surface area (TPSA) is 64.2 Å². The Morgan fingerprint density at radius 3 is 2.72 bits per heavy atom. The summed E-state index contributed by atoms with van der Waals surface area (Å²) in [7, 11) is 1.84. The summed E-state index contributed by atoms with van der Waals surface area (Å²) in [5.41, 5.74) is 3.25. The minimum Gasteiger partial charge on any atom is -0.355 e. The van der Waals surface area contributed by atoms with Crippen LogP contribution in [-0.4, -0.2) is 32.3 Å². The Morgan fingerprint density at radius 1 is 1.16 bits per heavy atom. The molecule has 4 aromatic rings. The molecule has 1 unspecified atom stereocenters. The van der Waals surface area contributed by atoms with Gasteiger partial charge in [0.15, 0.2) is 11.5 Å². The first-order valence-corrected chi connectivity index (χ1v) is 10.7. The molecule has 0 spiro atoms. The number of aromatic nitrogens is 3. The van der Waals surface area contributed by atoms with Crippen molar-refractivity contribution >= 4 is 21.8 Å². The number of halogens is 3. The van der Waals surface area contributed by atoms with Crippen LogP contribution in [0.4, 0.5) is 8.78 Å². The van der Waals surface area contributed by atoms with E-state index in [2.05, 4.69) is 32.3 Å². The Balaban J connectivity index is 1.47. The number of nitrogens with zero attached hydrogens (tertiary/aromatic N) is 4. The van der Waals surface area contributed by atoms with Gasteiger partial charge in [0.05, 0.1) is 11.8 Å². The van der Waals surface area contributed by atoms with E-state index in [1.54, 1.807) is 15.8 Å². The van der Waals surface area contributed by atoms with Gasteiger partial charge in [-0.3, -0.25) is 9.48 Å². The molecule has 0 fully saturated rings. The van der Waals surface area contributed by atoms with E-state index in [4.69, 9.17) is 4.52 Å². The van der Waals surface area contributed by atoms with Crippen LogP contribution >= 0.6 is 15.9 Å². The third-order valence-electron chi connectivity index (χ3n) is 5.68. The molecule has 0 bridgehead atoms. The SMILES string of the molecule is Cn1ncc(C2CN(C(=O)c3cc(-c4ccc(F)cc4F)on3)Cc3ccccc32)c1Br. The molecule has 5 rings (SSSR count). The van der Waals surface area contributed by atoms with E-state index in [-0.39, 0.29) is 28.8 Å². The van der Waals surface area contributed by atoms with Crippen LogP contribution in [0.25, 0.3) is 11.3 Å². The zero-order valence-electron chi connectivity index (χ0n) is 16.9. The average molecular weight is 499 g/mol. The van der Waals surface area contributed by atoms with Crippen molar-refractivity contribution in [1.82, 2.24) is 19.8 Å². The molecule has 1 aliphatic heterocycles. The Kier molecular flexibility index (Phi) is 5.13. The number of aryl methyl sites for hydroxylation is 1. The molecule has 0 radical (unpaired) electrons. The first-order valence-electron chi connectivity index (χ1n) is 9.89. The van der Waals surface area contributed by atoms with E-state index < -0.39 is 11.6 Å². The molecule has 6 nitrogen and oxygen atoms in total. The lowest BCUT2D eigenvalue weighted by molar-refractivity contribution is 0.0714. The van der Waals surface area contributed by atoms with E-state index in [1.807, 2.05) is 25.2 Å². The van der Waals surface area contributed by atoms with Gasteiger partial charge in [-0.1, -0.05) is 29.4 Å². The van der Waals surface area contributed by atoms with Crippen molar-refractivity contribution in [3.63, 3.8) is 0 Å². The maximum Gasteiger partial charge on any atom is 0.276 e. The zero-order valence-corrected chi connectivity index (χ0v) is 18.5. The molecular weight excluding hydrogens is 482 g/mol. The minimum atomic E-state index is -0.784. The fourth-order valence-electron chi connectivity index (χ4n) is 4.06. The van der Waals surface area contributed by atoms with Gasteiger partial charge in [-0.15, -0.1) is 0 Å². The Hall–Kier alpha value is -3.33. The molecule has 0 aliphatic carbocycles. The Labute approximate surface area is 190 Å². The third kappa shape index (κ3) is 3.52. The highest BCUT2D eigenvalue weighted by molar-refractivity contribution is 9.10. The highest BCUT2D eigenvalue weighted by atomic mass is 79.9. The maximum atomic E-state index is 14.1. The second-order valence-corrected chi connectivity index (χ2v) is 8.40. The standard InChI is InChI=1S/C23H17BrF2N4O2/c1-29-22(24)17(10-27-29)18-12-30(11-13-4-2-3-5-15(13)18)23(31)20-9-21(32-28-20)16-7-6-14(25)8-19(16)26/h2-10,18H,11-12H2,1H3. The maximum absolute atomic E-state index is 14.1. The van der Waals surface area contributed by atoms with Crippen molar-refractivity contribution in [2.24, 2.45) is 7.05 Å². The summed E-state index contributed by atoms with van der Waals surface area (Å²) in [6.45, 7) is 0.837. The quantitative estimate of drug-likeness (QED) is 0.402. The Morgan fingerprint density at radius 2 is 1.97 bits per heavy atom. The van der Waals surface area contributed by atoms with Crippen molar-refractivity contribution in [1.29, 1.82) is 0 Å². The van der Waals surface area contributed by atoms with E-state index in [1.165, 1.54) is 12.1 Å². The number of hydrogen-bond donors (Lipinski definition) is 0. The summed E-state index contributed by atoms with van der Waals surface area (Å²) in [5.74, 6) is -1.82. The average Bonchev–Trinajstić information content (AvgIpc) is 3.40. The molecule has 2 aromatic heterocycles. The lowest BCUT2D eigenvalue weighted by atomic mass is 9.86. The molecule has 32 heavy (non-hydrogen) atoms. The molecule has 1 aliphatic rings. The second-order valence-electron chi connectivity index (χ2n) is 7.65. The molecule has 0 N–H and O–H groups in total. The van der Waals surface area contributed by atoms with Gasteiger partial charge in [0.2, 0.25) is 0 Å². The summed E-state index contributed by atoms with van der Waals surface area (Å²) in [5, 5.41) is 8.17. The van der Waals surface area contributed by atoms with Crippen LogP contribution in [-0.2, 0) is 13.6 Å². The Bertz CT molecular complexity index is 1330. The number of carbonyl (C=O) groups is 1. The van der Waals surface area contributed by atoms with Crippen LogP contribution in [0.5, 0.6) is 0 Å². The number of hydrogen-bond acceptors (Lipinski definition) is 4. The first-order chi connectivity index (χ1) is 15.4. The summed E-state index contributed by atoms with van der Waals surface area (Å²) in [4.78, 5) is 15.0. The molecule has 1 atom stereocenters. The fraction of sp³-hybridized carbons (Fsp3) is 0.174. The number of fused-ring (bicyclic) bond motifs is 1. The number of benzene rings is 2. The minimum absolute atomic E-state index is 0.0408. The lowest BCUT2D eigenvalue weighted by Crippen LogP contribution is -2.38. The second kappa shape index (κ2) is 7.98. The number of carbonyl (C=O) groups excluding carboxylic acids is 1. The molecule has 162 valence electrons. The van der Waals surface area contributed by atoms with Gasteiger partial charge in [-0.2, -0.15) is 5.10 Å². The van der Waals surface area contributed by atoms with Crippen molar-refractivity contribution in [2.45, 2.75) is 12.5 Å². The third-order valence-corrected chi connectivity index (χ3v) is 6.65. The van der Waals surface area contributed by atoms with Gasteiger partial charge in [0.1, 0.15) is 16.2 Å². The van der Waals surface area contributed by atoms with Gasteiger partial charge < -0.3 is 9.42 Å². The molecular formula is C23H17BrF2N4O2. The van der Waals surface area contributed by atoms with Crippen molar-refractivity contribution < 1.29 is 18.1 Å². The van der Waals surface area contributed by atoms with Crippen LogP contribution in [0.3, 0.4) is 0 Å². The van der Waals surface area contributed by atoms with Crippen molar-refractivity contribution in [3.05, 3.63) is 93.3 Å². The summed E-state index contributed by atoms with van der Waals surface area (Å²) in [6.07, 6.45) is 1.80. The largest absolute Gasteiger partial charge is 0.355 e. The van der Waals surface area contributed by atoms with Crippen LogP contribution in [0.2, 0.25) is 0 Å². The van der Waals surface area contributed by atoms with Crippen LogP contribution in [0.1, 0.15) is 33.1 Å². The zero-order chi connectivity index (χ0) is 22.4. The number of rotatable bonds is 3. The monoisotopic (exact) mass is 498 g/mol. The molecule has 1 amide bonds. The van der Waals surface area contributed by atoms with E-state index in [0.29, 0.717) is 13.1 Å². The molecule has 0 saturated carbocycles. The summed E-state index contributed by atoms with van der Waals surface area (Å²) < 4.78 is 35.1. The van der Waals surface area contributed by atoms with Gasteiger partial charge in [-0.05, 0) is 39.2 Å². The van der Waals surface area contributed by atoms with Crippen LogP contribution in [0.15, 0.2) is 63.9 Å². The van der Waals surface area contributed by atoms with E-state index >= 15 is 0 Å². The smallest absolute Gasteiger partial charge is 0.276 e. The van der Waals surface area contributed by atoms with Gasteiger partial charge in [-0.25, -0.2) is 8.78 Å². The highest BCUT2D eigenvalue weighted by Gasteiger charge is 2.33. The van der Waals surface area contributed by atoms with Crippen LogP contribution < -0.4 is 0 Å². The van der Waals surface area contributed by atoms with Crippen molar-refractivity contribution in [2.75, 3.05) is 6.54 Å². The first kappa shape index (κ1) is 20.6. The molecule has 9 heteroatoms. The van der Waals surface area contributed by atoms with Gasteiger partial charge in [0.25, 0.3) is 5.91 Å². The van der Waals surface area contributed by atoms with Crippen LogP contribution in [0, 0.1) is 11.6 Å². The normalized spacial score (nSPS) is 15.6. The van der Waals surface area contributed by atoms with E-state index in [9.17, 15) is 13.6 Å². The summed E-state index contributed by atoms with van der Waals surface area (Å²) >= 11 is 3.59. The predicted octanol–water partition coefficient (Wildman–Crippen LogP) is 4.90. The molecule has 0 saturated heterocycles. The number of amides is 1.